The highest BCUT2D eigenvalue weighted by atomic mass is 32.2. The summed E-state index contributed by atoms with van der Waals surface area (Å²) in [5, 5.41) is 3.17. The van der Waals surface area contributed by atoms with Crippen LogP contribution in [0.2, 0.25) is 0 Å². The fourth-order valence-corrected chi connectivity index (χ4v) is 12.0. The van der Waals surface area contributed by atoms with Gasteiger partial charge < -0.3 is 9.47 Å². The van der Waals surface area contributed by atoms with Crippen LogP contribution in [-0.2, 0) is 9.47 Å². The van der Waals surface area contributed by atoms with Gasteiger partial charge in [0.1, 0.15) is 22.8 Å². The molecule has 0 bridgehead atoms. The zero-order valence-electron chi connectivity index (χ0n) is 38.1. The number of aryl methyl sites for hydroxylation is 3. The second-order valence-corrected chi connectivity index (χ2v) is 22.7. The van der Waals surface area contributed by atoms with Gasteiger partial charge in [-0.25, -0.2) is 8.78 Å². The molecule has 2 nitrogen and oxygen atoms in total. The fourth-order valence-electron chi connectivity index (χ4n) is 9.72. The molecule has 0 saturated carbocycles. The summed E-state index contributed by atoms with van der Waals surface area (Å²) in [7, 11) is 3.38. The molecule has 0 aliphatic carbocycles. The van der Waals surface area contributed by atoms with E-state index >= 15 is 8.78 Å². The molecule has 0 N–H and O–H groups in total. The van der Waals surface area contributed by atoms with Crippen LogP contribution in [0.5, 0.6) is 0 Å². The lowest BCUT2D eigenvalue weighted by molar-refractivity contribution is -0.116. The molecule has 0 fully saturated rings. The van der Waals surface area contributed by atoms with E-state index in [9.17, 15) is 0 Å². The first-order valence-electron chi connectivity index (χ1n) is 20.4. The van der Waals surface area contributed by atoms with Crippen LogP contribution in [0, 0.1) is 77.7 Å². The molecule has 6 rings (SSSR count). The maximum Gasteiger partial charge on any atom is 0.140 e. The molecule has 0 amide bonds. The van der Waals surface area contributed by atoms with E-state index in [1.54, 1.807) is 37.3 Å². The second kappa shape index (κ2) is 15.2. The van der Waals surface area contributed by atoms with Crippen molar-refractivity contribution in [3.05, 3.63) is 94.0 Å². The average molecular weight is 831 g/mol. The Balaban J connectivity index is 1.90. The molecule has 6 heteroatoms. The smallest absolute Gasteiger partial charge is 0.140 e. The van der Waals surface area contributed by atoms with Crippen molar-refractivity contribution in [3.63, 3.8) is 0 Å². The van der Waals surface area contributed by atoms with Crippen molar-refractivity contribution >= 4 is 65.5 Å². The van der Waals surface area contributed by atoms with Gasteiger partial charge in [-0.15, -0.1) is 11.3 Å². The van der Waals surface area contributed by atoms with Gasteiger partial charge in [0.25, 0.3) is 0 Å². The highest BCUT2D eigenvalue weighted by Gasteiger charge is 2.51. The summed E-state index contributed by atoms with van der Waals surface area (Å²) in [5.41, 5.74) is -0.359. The van der Waals surface area contributed by atoms with Crippen LogP contribution in [0.1, 0.15) is 111 Å². The minimum absolute atomic E-state index is 0.124. The Labute approximate surface area is 359 Å². The molecule has 0 aliphatic heterocycles. The average Bonchev–Trinajstić information content (AvgIpc) is 3.51. The molecule has 59 heavy (non-hydrogen) atoms. The van der Waals surface area contributed by atoms with Crippen LogP contribution in [0.3, 0.4) is 0 Å². The van der Waals surface area contributed by atoms with Crippen molar-refractivity contribution in [1.29, 1.82) is 0 Å². The molecule has 0 saturated heterocycles. The van der Waals surface area contributed by atoms with Crippen LogP contribution in [0.4, 0.5) is 8.78 Å². The number of halogens is 2. The van der Waals surface area contributed by atoms with Crippen molar-refractivity contribution in [2.75, 3.05) is 14.2 Å². The predicted molar refractivity (Wildman–Crippen MR) is 250 cm³/mol. The summed E-state index contributed by atoms with van der Waals surface area (Å²) >= 11 is 3.38. The van der Waals surface area contributed by atoms with E-state index in [0.717, 1.165) is 19.2 Å². The zero-order valence-corrected chi connectivity index (χ0v) is 39.7. The topological polar surface area (TPSA) is 18.5 Å². The normalized spacial score (nSPS) is 13.3. The Morgan fingerprint density at radius 2 is 0.949 bits per heavy atom. The zero-order chi connectivity index (χ0) is 43.8. The quantitative estimate of drug-likeness (QED) is 0.130. The largest absolute Gasteiger partial charge is 0.364 e. The minimum atomic E-state index is -0.961. The monoisotopic (exact) mass is 830 g/mol. The van der Waals surface area contributed by atoms with E-state index in [0.29, 0.717) is 33.0 Å². The molecule has 0 aliphatic rings. The summed E-state index contributed by atoms with van der Waals surface area (Å²) in [6.45, 7) is 31.1. The molecule has 0 spiro atoms. The third kappa shape index (κ3) is 7.37. The maximum atomic E-state index is 18.0. The highest BCUT2D eigenvalue weighted by molar-refractivity contribution is 8.01. The van der Waals surface area contributed by atoms with Crippen LogP contribution in [0.15, 0.2) is 63.7 Å². The number of thiophene rings is 1. The number of ether oxygens (including phenoxy) is 2. The predicted octanol–water partition coefficient (Wildman–Crippen LogP) is 15.4. The lowest BCUT2D eigenvalue weighted by Gasteiger charge is -2.48. The molecule has 0 atom stereocenters. The number of fused-ring (bicyclic) bond motifs is 4. The third-order valence-electron chi connectivity index (χ3n) is 12.2. The molecule has 1 heterocycles. The first kappa shape index (κ1) is 44.6. The third-order valence-corrected chi connectivity index (χ3v) is 14.4. The van der Waals surface area contributed by atoms with E-state index in [1.165, 1.54) is 5.56 Å². The van der Waals surface area contributed by atoms with Gasteiger partial charge in [-0.1, -0.05) is 148 Å². The maximum absolute atomic E-state index is 18.0. The SMILES string of the molecule is COC(C#Cc1c2cc3cc(Sc4ccc(C)cc4)sc3cc2c(C#CC(OC)(C(C)(C)C)C(C)(C)C)c2c(F)c3c(C)ccc(C)c3c(F)c12)(C(C)(C)C)C(C)(C)C. The highest BCUT2D eigenvalue weighted by Crippen LogP contribution is 2.49. The molecule has 5 aromatic carbocycles. The van der Waals surface area contributed by atoms with Crippen molar-refractivity contribution in [2.45, 2.75) is 124 Å². The standard InChI is InChI=1S/C53H60F2O2S2/c1-31-18-22-35(23-19-31)58-41-29-34-28-38-36(24-26-52(56-16,48(4,5)6)49(7,8)9)44-45(47(55)43-33(3)21-20-32(2)42(43)46(44)54)37(39(38)30-40(34)59-41)25-27-53(57-17,50(10,11)12)51(13,14)15/h18-23,28-30H,1-17H3. The molecular weight excluding hydrogens is 771 g/mol. The summed E-state index contributed by atoms with van der Waals surface area (Å²) < 4.78 is 50.9. The molecule has 0 radical (unpaired) electrons. The van der Waals surface area contributed by atoms with Gasteiger partial charge in [0.2, 0.25) is 0 Å². The number of hydrogen-bond donors (Lipinski definition) is 0. The molecule has 1 aromatic heterocycles. The van der Waals surface area contributed by atoms with E-state index in [1.807, 2.05) is 26.0 Å². The number of hydrogen-bond acceptors (Lipinski definition) is 4. The summed E-state index contributed by atoms with van der Waals surface area (Å²) in [5.74, 6) is 13.2. The molecule has 6 aromatic rings. The van der Waals surface area contributed by atoms with Crippen molar-refractivity contribution in [1.82, 2.24) is 0 Å². The lowest BCUT2D eigenvalue weighted by atomic mass is 9.62. The van der Waals surface area contributed by atoms with Crippen molar-refractivity contribution in [2.24, 2.45) is 21.7 Å². The van der Waals surface area contributed by atoms with Crippen LogP contribution in [0.25, 0.3) is 42.4 Å². The van der Waals surface area contributed by atoms with Gasteiger partial charge in [-0.3, -0.25) is 0 Å². The second-order valence-electron chi connectivity index (χ2n) is 20.3. The molecule has 310 valence electrons. The first-order valence-corrected chi connectivity index (χ1v) is 22.0. The fraction of sp³-hybridized carbons (Fsp3) is 0.434. The Morgan fingerprint density at radius 1 is 0.542 bits per heavy atom. The lowest BCUT2D eigenvalue weighted by Crippen LogP contribution is -2.53. The van der Waals surface area contributed by atoms with Gasteiger partial charge in [0.15, 0.2) is 0 Å². The summed E-state index contributed by atoms with van der Waals surface area (Å²) in [6, 6.07) is 18.6. The molecular formula is C53H60F2O2S2. The van der Waals surface area contributed by atoms with Gasteiger partial charge >= 0.3 is 0 Å². The van der Waals surface area contributed by atoms with E-state index < -0.39 is 44.5 Å². The summed E-state index contributed by atoms with van der Waals surface area (Å²) in [6.07, 6.45) is 0. The van der Waals surface area contributed by atoms with Gasteiger partial charge in [0, 0.05) is 88.9 Å². The number of benzene rings is 5. The van der Waals surface area contributed by atoms with Crippen LogP contribution in [-0.4, -0.2) is 25.4 Å². The Hall–Kier alpha value is -3.91. The number of methoxy groups -OCH3 is 2. The molecule has 0 unspecified atom stereocenters. The number of rotatable bonds is 4. The Morgan fingerprint density at radius 3 is 1.34 bits per heavy atom. The van der Waals surface area contributed by atoms with E-state index in [-0.39, 0.29) is 21.5 Å². The van der Waals surface area contributed by atoms with Crippen molar-refractivity contribution < 1.29 is 18.3 Å². The van der Waals surface area contributed by atoms with Gasteiger partial charge in [-0.2, -0.15) is 0 Å². The summed E-state index contributed by atoms with van der Waals surface area (Å²) in [4.78, 5) is 1.14. The van der Waals surface area contributed by atoms with Gasteiger partial charge in [0.05, 0.1) is 4.21 Å². The Bertz CT molecular complexity index is 2560. The van der Waals surface area contributed by atoms with Crippen molar-refractivity contribution in [3.8, 4) is 23.7 Å². The van der Waals surface area contributed by atoms with Crippen LogP contribution >= 0.6 is 23.1 Å². The first-order chi connectivity index (χ1) is 27.2. The van der Waals surface area contributed by atoms with Crippen LogP contribution < -0.4 is 0 Å². The van der Waals surface area contributed by atoms with E-state index in [4.69, 9.17) is 9.47 Å². The van der Waals surface area contributed by atoms with E-state index in [2.05, 4.69) is 156 Å². The Kier molecular flexibility index (Phi) is 11.5. The van der Waals surface area contributed by atoms with Gasteiger partial charge in [-0.05, 0) is 67.6 Å². The minimum Gasteiger partial charge on any atom is -0.364 e.